The molecule has 2 atom stereocenters. The fraction of sp³-hybridized carbons (Fsp3) is 0.857. The van der Waals surface area contributed by atoms with Gasteiger partial charge in [-0.2, -0.15) is 0 Å². The summed E-state index contributed by atoms with van der Waals surface area (Å²) in [6.07, 6.45) is 6.67. The largest absolute Gasteiger partial charge is 0.300 e. The number of hydrogen-bond donors (Lipinski definition) is 0. The van der Waals surface area contributed by atoms with Gasteiger partial charge in [0, 0.05) is 12.6 Å². The normalized spacial score (nSPS) is 27.1. The average molecular weight is 209 g/mol. The molecule has 1 nitrogen and oxygen atoms in total. The van der Waals surface area contributed by atoms with Crippen LogP contribution in [0.4, 0.5) is 0 Å². The maximum Gasteiger partial charge on any atom is 0.00700 e. The molecule has 0 N–H and O–H groups in total. The molecule has 2 unspecified atom stereocenters. The van der Waals surface area contributed by atoms with E-state index in [4.69, 9.17) is 0 Å². The van der Waals surface area contributed by atoms with Gasteiger partial charge in [0.25, 0.3) is 0 Å². The van der Waals surface area contributed by atoms with Crippen LogP contribution >= 0.6 is 0 Å². The number of nitrogens with zero attached hydrogens (tertiary/aromatic N) is 1. The van der Waals surface area contributed by atoms with E-state index in [-0.39, 0.29) is 0 Å². The number of allylic oxidation sites excluding steroid dienone is 1. The van der Waals surface area contributed by atoms with E-state index in [2.05, 4.69) is 32.3 Å². The average Bonchev–Trinajstić information content (AvgIpc) is 2.44. The summed E-state index contributed by atoms with van der Waals surface area (Å²) in [7, 11) is 0. The highest BCUT2D eigenvalue weighted by atomic mass is 15.2. The van der Waals surface area contributed by atoms with Crippen molar-refractivity contribution in [1.29, 1.82) is 0 Å². The maximum absolute atomic E-state index is 3.94. The molecule has 0 radical (unpaired) electrons. The van der Waals surface area contributed by atoms with Crippen molar-refractivity contribution in [3.63, 3.8) is 0 Å². The summed E-state index contributed by atoms with van der Waals surface area (Å²) < 4.78 is 0. The molecule has 1 saturated heterocycles. The minimum Gasteiger partial charge on any atom is -0.300 e. The van der Waals surface area contributed by atoms with Gasteiger partial charge in [0.2, 0.25) is 0 Å². The number of likely N-dealkylation sites (tertiary alicyclic amines) is 1. The Labute approximate surface area is 95.5 Å². The van der Waals surface area contributed by atoms with Crippen molar-refractivity contribution in [2.45, 2.75) is 58.9 Å². The lowest BCUT2D eigenvalue weighted by molar-refractivity contribution is 0.259. The Kier molecular flexibility index (Phi) is 5.38. The van der Waals surface area contributed by atoms with Gasteiger partial charge in [0.15, 0.2) is 0 Å². The highest BCUT2D eigenvalue weighted by Crippen LogP contribution is 2.22. The third kappa shape index (κ3) is 4.83. The quantitative estimate of drug-likeness (QED) is 0.474. The first-order valence-electron chi connectivity index (χ1n) is 6.48. The predicted molar refractivity (Wildman–Crippen MR) is 68.1 cm³/mol. The van der Waals surface area contributed by atoms with E-state index in [0.29, 0.717) is 0 Å². The molecule has 0 spiro atoms. The summed E-state index contributed by atoms with van der Waals surface area (Å²) in [4.78, 5) is 2.66. The van der Waals surface area contributed by atoms with E-state index in [1.165, 1.54) is 50.8 Å². The standard InChI is InChI=1S/C14H27N/c1-12(2)8-6-5-7-9-15-11-13(3)10-14(15)4/h13-14H,1,5-11H2,2-4H3. The summed E-state index contributed by atoms with van der Waals surface area (Å²) in [6.45, 7) is 13.4. The van der Waals surface area contributed by atoms with Crippen molar-refractivity contribution in [1.82, 2.24) is 4.90 Å². The lowest BCUT2D eigenvalue weighted by Crippen LogP contribution is -2.28. The first kappa shape index (κ1) is 12.8. The smallest absolute Gasteiger partial charge is 0.00700 e. The molecule has 0 amide bonds. The van der Waals surface area contributed by atoms with Gasteiger partial charge in [0.1, 0.15) is 0 Å². The highest BCUT2D eigenvalue weighted by molar-refractivity contribution is 4.87. The lowest BCUT2D eigenvalue weighted by Gasteiger charge is -2.20. The van der Waals surface area contributed by atoms with Crippen LogP contribution in [0.5, 0.6) is 0 Å². The summed E-state index contributed by atoms with van der Waals surface area (Å²) in [6, 6.07) is 0.821. The van der Waals surface area contributed by atoms with E-state index < -0.39 is 0 Å². The van der Waals surface area contributed by atoms with Crippen LogP contribution in [0.25, 0.3) is 0 Å². The van der Waals surface area contributed by atoms with Crippen LogP contribution in [0, 0.1) is 5.92 Å². The van der Waals surface area contributed by atoms with Crippen molar-refractivity contribution < 1.29 is 0 Å². The molecule has 1 heterocycles. The van der Waals surface area contributed by atoms with Crippen molar-refractivity contribution in [3.8, 4) is 0 Å². The summed E-state index contributed by atoms with van der Waals surface area (Å²) in [5.74, 6) is 0.912. The molecule has 0 aromatic carbocycles. The molecule has 0 saturated carbocycles. The van der Waals surface area contributed by atoms with Crippen LogP contribution < -0.4 is 0 Å². The molecular formula is C14H27N. The second-order valence-electron chi connectivity index (χ2n) is 5.45. The molecule has 1 aliphatic heterocycles. The molecule has 1 heteroatoms. The van der Waals surface area contributed by atoms with E-state index in [1.54, 1.807) is 0 Å². The third-order valence-electron chi connectivity index (χ3n) is 3.46. The second-order valence-corrected chi connectivity index (χ2v) is 5.45. The van der Waals surface area contributed by atoms with Crippen molar-refractivity contribution in [2.24, 2.45) is 5.92 Å². The van der Waals surface area contributed by atoms with Crippen LogP contribution in [-0.2, 0) is 0 Å². The van der Waals surface area contributed by atoms with Crippen molar-refractivity contribution in [2.75, 3.05) is 13.1 Å². The molecule has 0 aliphatic carbocycles. The Hall–Kier alpha value is -0.300. The minimum atomic E-state index is 0.821. The topological polar surface area (TPSA) is 3.24 Å². The fourth-order valence-electron chi connectivity index (χ4n) is 2.62. The third-order valence-corrected chi connectivity index (χ3v) is 3.46. The zero-order chi connectivity index (χ0) is 11.3. The van der Waals surface area contributed by atoms with E-state index in [1.807, 2.05) is 0 Å². The van der Waals surface area contributed by atoms with Crippen molar-refractivity contribution in [3.05, 3.63) is 12.2 Å². The predicted octanol–water partition coefficient (Wildman–Crippen LogP) is 3.85. The van der Waals surface area contributed by atoms with Gasteiger partial charge in [-0.05, 0) is 52.0 Å². The molecule has 1 rings (SSSR count). The lowest BCUT2D eigenvalue weighted by atomic mass is 10.1. The zero-order valence-corrected chi connectivity index (χ0v) is 10.8. The van der Waals surface area contributed by atoms with Crippen LogP contribution in [0.2, 0.25) is 0 Å². The molecule has 88 valence electrons. The van der Waals surface area contributed by atoms with Gasteiger partial charge in [-0.1, -0.05) is 18.9 Å². The number of unbranched alkanes of at least 4 members (excludes halogenated alkanes) is 2. The van der Waals surface area contributed by atoms with Gasteiger partial charge < -0.3 is 4.90 Å². The van der Waals surface area contributed by atoms with E-state index in [9.17, 15) is 0 Å². The molecule has 1 aliphatic rings. The first-order valence-corrected chi connectivity index (χ1v) is 6.48. The summed E-state index contributed by atoms with van der Waals surface area (Å²) >= 11 is 0. The van der Waals surface area contributed by atoms with Crippen LogP contribution in [-0.4, -0.2) is 24.0 Å². The van der Waals surface area contributed by atoms with Gasteiger partial charge >= 0.3 is 0 Å². The maximum atomic E-state index is 3.94. The van der Waals surface area contributed by atoms with E-state index in [0.717, 1.165) is 12.0 Å². The molecule has 1 fully saturated rings. The Bertz CT molecular complexity index is 198. The number of rotatable bonds is 6. The van der Waals surface area contributed by atoms with Crippen LogP contribution in [0.3, 0.4) is 0 Å². The van der Waals surface area contributed by atoms with Crippen molar-refractivity contribution >= 4 is 0 Å². The van der Waals surface area contributed by atoms with Gasteiger partial charge in [0.05, 0.1) is 0 Å². The summed E-state index contributed by atoms with van der Waals surface area (Å²) in [5.41, 5.74) is 1.33. The zero-order valence-electron chi connectivity index (χ0n) is 10.8. The van der Waals surface area contributed by atoms with Gasteiger partial charge in [-0.15, -0.1) is 6.58 Å². The van der Waals surface area contributed by atoms with Crippen LogP contribution in [0.1, 0.15) is 52.9 Å². The first-order chi connectivity index (χ1) is 7.09. The second kappa shape index (κ2) is 6.32. The monoisotopic (exact) mass is 209 g/mol. The summed E-state index contributed by atoms with van der Waals surface area (Å²) in [5, 5.41) is 0. The fourth-order valence-corrected chi connectivity index (χ4v) is 2.62. The molecule has 0 aromatic rings. The SMILES string of the molecule is C=C(C)CCCCCN1CC(C)CC1C. The van der Waals surface area contributed by atoms with Gasteiger partial charge in [-0.25, -0.2) is 0 Å². The Morgan fingerprint density at radius 1 is 1.27 bits per heavy atom. The van der Waals surface area contributed by atoms with E-state index >= 15 is 0 Å². The Morgan fingerprint density at radius 3 is 2.53 bits per heavy atom. The Morgan fingerprint density at radius 2 is 2.00 bits per heavy atom. The molecular weight excluding hydrogens is 182 g/mol. The van der Waals surface area contributed by atoms with Gasteiger partial charge in [-0.3, -0.25) is 0 Å². The molecule has 15 heavy (non-hydrogen) atoms. The molecule has 0 bridgehead atoms. The number of hydrogen-bond acceptors (Lipinski definition) is 1. The molecule has 0 aromatic heterocycles. The minimum absolute atomic E-state index is 0.821. The Balaban J connectivity index is 2.02. The van der Waals surface area contributed by atoms with Crippen LogP contribution in [0.15, 0.2) is 12.2 Å². The highest BCUT2D eigenvalue weighted by Gasteiger charge is 2.24.